The summed E-state index contributed by atoms with van der Waals surface area (Å²) < 4.78 is 14.9. The van der Waals surface area contributed by atoms with E-state index in [-0.39, 0.29) is 19.0 Å². The Bertz CT molecular complexity index is 630. The molecular formula is C13H14FN3O2. The van der Waals surface area contributed by atoms with E-state index in [2.05, 4.69) is 5.10 Å². The molecule has 5 nitrogen and oxygen atoms in total. The van der Waals surface area contributed by atoms with Crippen LogP contribution in [-0.4, -0.2) is 50.9 Å². The number of β-amino-alcohol motifs (C(OH)–C–C–N with tert-alkyl or cyclic N) is 1. The standard InChI is InChI=1S/C13H14FN3O2/c1-8-3-2-4-17-12(8)9(5-15-17)13(19)16-6-10(14)11(18)7-16/h2-5,10-11,18H,6-7H2,1H3/t10-,11-/m1/s1. The number of likely N-dealkylation sites (tertiary alicyclic amines) is 1. The number of aliphatic hydroxyl groups excluding tert-OH is 1. The maximum Gasteiger partial charge on any atom is 0.257 e. The van der Waals surface area contributed by atoms with Gasteiger partial charge in [-0.3, -0.25) is 4.79 Å². The molecule has 0 spiro atoms. The smallest absolute Gasteiger partial charge is 0.257 e. The lowest BCUT2D eigenvalue weighted by Crippen LogP contribution is -2.29. The number of alkyl halides is 1. The molecule has 0 bridgehead atoms. The van der Waals surface area contributed by atoms with Crippen molar-refractivity contribution in [3.8, 4) is 0 Å². The number of nitrogens with zero attached hydrogens (tertiary/aromatic N) is 3. The molecular weight excluding hydrogens is 249 g/mol. The highest BCUT2D eigenvalue weighted by atomic mass is 19.1. The second kappa shape index (κ2) is 4.31. The van der Waals surface area contributed by atoms with Gasteiger partial charge in [-0.1, -0.05) is 6.07 Å². The van der Waals surface area contributed by atoms with Crippen molar-refractivity contribution in [1.29, 1.82) is 0 Å². The van der Waals surface area contributed by atoms with Gasteiger partial charge in [0, 0.05) is 12.7 Å². The van der Waals surface area contributed by atoms with Gasteiger partial charge in [0.05, 0.1) is 23.8 Å². The minimum absolute atomic E-state index is 0.0310. The molecule has 1 aliphatic rings. The van der Waals surface area contributed by atoms with E-state index >= 15 is 0 Å². The molecule has 0 unspecified atom stereocenters. The highest BCUT2D eigenvalue weighted by molar-refractivity contribution is 6.01. The van der Waals surface area contributed by atoms with Gasteiger partial charge in [0.1, 0.15) is 12.3 Å². The van der Waals surface area contributed by atoms with Crippen LogP contribution < -0.4 is 0 Å². The zero-order valence-corrected chi connectivity index (χ0v) is 10.5. The summed E-state index contributed by atoms with van der Waals surface area (Å²) in [5, 5.41) is 13.5. The molecule has 0 aromatic carbocycles. The third-order valence-corrected chi connectivity index (χ3v) is 3.48. The SMILES string of the molecule is Cc1cccn2ncc(C(=O)N3C[C@@H](O)[C@H](F)C3)c12. The van der Waals surface area contributed by atoms with Gasteiger partial charge in [-0.25, -0.2) is 8.91 Å². The van der Waals surface area contributed by atoms with Crippen molar-refractivity contribution in [3.05, 3.63) is 35.7 Å². The number of fused-ring (bicyclic) bond motifs is 1. The van der Waals surface area contributed by atoms with Crippen molar-refractivity contribution in [1.82, 2.24) is 14.5 Å². The lowest BCUT2D eigenvalue weighted by Gasteiger charge is -2.14. The number of hydrogen-bond acceptors (Lipinski definition) is 3. The molecule has 1 saturated heterocycles. The fourth-order valence-electron chi connectivity index (χ4n) is 2.46. The normalized spacial score (nSPS) is 23.2. The molecule has 2 aromatic heterocycles. The zero-order valence-electron chi connectivity index (χ0n) is 10.5. The molecule has 1 N–H and O–H groups in total. The fraction of sp³-hybridized carbons (Fsp3) is 0.385. The quantitative estimate of drug-likeness (QED) is 0.828. The summed E-state index contributed by atoms with van der Waals surface area (Å²) in [6.45, 7) is 1.86. The number of pyridine rings is 1. The van der Waals surface area contributed by atoms with Crippen molar-refractivity contribution in [2.45, 2.75) is 19.2 Å². The number of carbonyl (C=O) groups is 1. The number of aliphatic hydroxyl groups is 1. The molecule has 19 heavy (non-hydrogen) atoms. The average molecular weight is 263 g/mol. The van der Waals surface area contributed by atoms with Crippen molar-refractivity contribution in [2.24, 2.45) is 0 Å². The maximum atomic E-state index is 13.3. The Morgan fingerprint density at radius 3 is 3.00 bits per heavy atom. The molecule has 1 amide bonds. The van der Waals surface area contributed by atoms with E-state index in [9.17, 15) is 14.3 Å². The minimum atomic E-state index is -1.37. The van der Waals surface area contributed by atoms with Gasteiger partial charge in [-0.2, -0.15) is 5.10 Å². The van der Waals surface area contributed by atoms with E-state index < -0.39 is 12.3 Å². The Morgan fingerprint density at radius 1 is 1.53 bits per heavy atom. The Morgan fingerprint density at radius 2 is 2.32 bits per heavy atom. The van der Waals surface area contributed by atoms with Crippen LogP contribution in [-0.2, 0) is 0 Å². The van der Waals surface area contributed by atoms with Gasteiger partial charge in [-0.15, -0.1) is 0 Å². The Balaban J connectivity index is 1.99. The lowest BCUT2D eigenvalue weighted by molar-refractivity contribution is 0.0766. The molecule has 3 heterocycles. The van der Waals surface area contributed by atoms with E-state index in [0.29, 0.717) is 5.56 Å². The molecule has 1 fully saturated rings. The van der Waals surface area contributed by atoms with Gasteiger partial charge in [0.2, 0.25) is 0 Å². The number of halogens is 1. The van der Waals surface area contributed by atoms with Crippen molar-refractivity contribution in [3.63, 3.8) is 0 Å². The van der Waals surface area contributed by atoms with Crippen LogP contribution in [0.25, 0.3) is 5.52 Å². The number of carbonyl (C=O) groups excluding carboxylic acids is 1. The molecule has 0 radical (unpaired) electrons. The van der Waals surface area contributed by atoms with Gasteiger partial charge in [0.25, 0.3) is 5.91 Å². The number of aromatic nitrogens is 2. The zero-order chi connectivity index (χ0) is 13.6. The summed E-state index contributed by atoms with van der Waals surface area (Å²) in [6, 6.07) is 3.74. The van der Waals surface area contributed by atoms with Crippen molar-refractivity contribution < 1.29 is 14.3 Å². The minimum Gasteiger partial charge on any atom is -0.388 e. The van der Waals surface area contributed by atoms with Crippen LogP contribution in [0.15, 0.2) is 24.5 Å². The van der Waals surface area contributed by atoms with Gasteiger partial charge in [-0.05, 0) is 18.6 Å². The number of aryl methyl sites for hydroxylation is 1. The van der Waals surface area contributed by atoms with Gasteiger partial charge < -0.3 is 10.0 Å². The largest absolute Gasteiger partial charge is 0.388 e. The summed E-state index contributed by atoms with van der Waals surface area (Å²) in [4.78, 5) is 13.7. The second-order valence-electron chi connectivity index (χ2n) is 4.84. The third kappa shape index (κ3) is 1.88. The Hall–Kier alpha value is -1.95. The van der Waals surface area contributed by atoms with E-state index in [1.807, 2.05) is 19.1 Å². The van der Waals surface area contributed by atoms with Crippen LogP contribution in [0.5, 0.6) is 0 Å². The van der Waals surface area contributed by atoms with Crippen LogP contribution >= 0.6 is 0 Å². The molecule has 2 atom stereocenters. The van der Waals surface area contributed by atoms with Crippen LogP contribution in [0, 0.1) is 6.92 Å². The summed E-state index contributed by atoms with van der Waals surface area (Å²) in [5.74, 6) is -0.288. The van der Waals surface area contributed by atoms with Crippen LogP contribution in [0.1, 0.15) is 15.9 Å². The molecule has 100 valence electrons. The number of hydrogen-bond donors (Lipinski definition) is 1. The first kappa shape index (κ1) is 12.1. The summed E-state index contributed by atoms with van der Waals surface area (Å²) >= 11 is 0. The second-order valence-corrected chi connectivity index (χ2v) is 4.84. The van der Waals surface area contributed by atoms with E-state index in [0.717, 1.165) is 11.1 Å². The first-order valence-corrected chi connectivity index (χ1v) is 6.12. The van der Waals surface area contributed by atoms with Crippen molar-refractivity contribution >= 4 is 11.4 Å². The molecule has 2 aromatic rings. The van der Waals surface area contributed by atoms with Crippen LogP contribution in [0.4, 0.5) is 4.39 Å². The third-order valence-electron chi connectivity index (χ3n) is 3.48. The predicted octanol–water partition coefficient (Wildman–Crippen LogP) is 0.798. The summed E-state index contributed by atoms with van der Waals surface area (Å²) in [7, 11) is 0. The number of rotatable bonds is 1. The lowest BCUT2D eigenvalue weighted by atomic mass is 10.1. The monoisotopic (exact) mass is 263 g/mol. The first-order valence-electron chi connectivity index (χ1n) is 6.12. The summed E-state index contributed by atoms with van der Waals surface area (Å²) in [5.41, 5.74) is 2.10. The fourth-order valence-corrected chi connectivity index (χ4v) is 2.46. The predicted molar refractivity (Wildman–Crippen MR) is 66.7 cm³/mol. The summed E-state index contributed by atoms with van der Waals surface area (Å²) in [6.07, 6.45) is 0.789. The molecule has 6 heteroatoms. The maximum absolute atomic E-state index is 13.3. The Kier molecular flexibility index (Phi) is 2.74. The topological polar surface area (TPSA) is 57.8 Å². The van der Waals surface area contributed by atoms with Gasteiger partial charge in [0.15, 0.2) is 0 Å². The van der Waals surface area contributed by atoms with E-state index in [1.165, 1.54) is 11.1 Å². The van der Waals surface area contributed by atoms with Crippen molar-refractivity contribution in [2.75, 3.05) is 13.1 Å². The highest BCUT2D eigenvalue weighted by Crippen LogP contribution is 2.21. The molecule has 0 saturated carbocycles. The average Bonchev–Trinajstić information content (AvgIpc) is 2.94. The van der Waals surface area contributed by atoms with Gasteiger partial charge >= 0.3 is 0 Å². The van der Waals surface area contributed by atoms with E-state index in [4.69, 9.17) is 0 Å². The number of amides is 1. The van der Waals surface area contributed by atoms with Crippen LogP contribution in [0.2, 0.25) is 0 Å². The van der Waals surface area contributed by atoms with Crippen LogP contribution in [0.3, 0.4) is 0 Å². The van der Waals surface area contributed by atoms with E-state index in [1.54, 1.807) is 10.7 Å². The molecule has 0 aliphatic carbocycles. The Labute approximate surface area is 109 Å². The molecule has 3 rings (SSSR count). The highest BCUT2D eigenvalue weighted by Gasteiger charge is 2.35. The molecule has 1 aliphatic heterocycles. The first-order chi connectivity index (χ1) is 9.08.